The van der Waals surface area contributed by atoms with Crippen molar-refractivity contribution in [1.29, 1.82) is 0 Å². The number of aliphatic hydroxyl groups excluding tert-OH is 1. The topological polar surface area (TPSA) is 29.5 Å². The Morgan fingerprint density at radius 3 is 2.94 bits per heavy atom. The molecule has 2 nitrogen and oxygen atoms in total. The third kappa shape index (κ3) is 4.90. The van der Waals surface area contributed by atoms with E-state index in [2.05, 4.69) is 6.26 Å². The van der Waals surface area contributed by atoms with Crippen molar-refractivity contribution in [3.8, 4) is 5.75 Å². The van der Waals surface area contributed by atoms with Gasteiger partial charge in [-0.05, 0) is 49.0 Å². The van der Waals surface area contributed by atoms with E-state index in [0.29, 0.717) is 6.42 Å². The quantitative estimate of drug-likeness (QED) is 0.743. The molecule has 0 spiro atoms. The van der Waals surface area contributed by atoms with Crippen LogP contribution >= 0.6 is 11.8 Å². The highest BCUT2D eigenvalue weighted by Crippen LogP contribution is 2.15. The fraction of sp³-hybridized carbons (Fsp3) is 0.538. The highest BCUT2D eigenvalue weighted by atomic mass is 32.2. The molecule has 1 N–H and O–H groups in total. The van der Waals surface area contributed by atoms with Gasteiger partial charge in [0.15, 0.2) is 0 Å². The summed E-state index contributed by atoms with van der Waals surface area (Å²) in [6, 6.07) is 7.89. The Hall–Kier alpha value is -0.670. The number of benzene rings is 1. The second-order valence-electron chi connectivity index (χ2n) is 3.84. The minimum Gasteiger partial charge on any atom is -0.497 e. The second-order valence-corrected chi connectivity index (χ2v) is 4.83. The van der Waals surface area contributed by atoms with Gasteiger partial charge in [0.25, 0.3) is 0 Å². The molecule has 0 aliphatic rings. The van der Waals surface area contributed by atoms with Crippen LogP contribution in [0.5, 0.6) is 5.75 Å². The molecule has 0 saturated carbocycles. The third-order valence-corrected chi connectivity index (χ3v) is 3.19. The van der Waals surface area contributed by atoms with Crippen LogP contribution in [0.4, 0.5) is 0 Å². The smallest absolute Gasteiger partial charge is 0.119 e. The predicted octanol–water partition coefficient (Wildman–Crippen LogP) is 2.74. The summed E-state index contributed by atoms with van der Waals surface area (Å²) >= 11 is 1.82. The van der Waals surface area contributed by atoms with Gasteiger partial charge in [-0.1, -0.05) is 12.1 Å². The fourth-order valence-electron chi connectivity index (χ4n) is 1.64. The summed E-state index contributed by atoms with van der Waals surface area (Å²) in [5, 5.41) is 9.84. The normalized spacial score (nSPS) is 12.4. The van der Waals surface area contributed by atoms with E-state index in [1.807, 2.05) is 36.0 Å². The van der Waals surface area contributed by atoms with Crippen LogP contribution < -0.4 is 4.74 Å². The summed E-state index contributed by atoms with van der Waals surface area (Å²) in [6.07, 6.45) is 4.52. The molecule has 0 bridgehead atoms. The van der Waals surface area contributed by atoms with Crippen LogP contribution in [0.1, 0.15) is 18.4 Å². The summed E-state index contributed by atoms with van der Waals surface area (Å²) in [6.45, 7) is 0. The molecule has 90 valence electrons. The molecular weight excluding hydrogens is 220 g/mol. The largest absolute Gasteiger partial charge is 0.497 e. The minimum atomic E-state index is -0.237. The van der Waals surface area contributed by atoms with Crippen molar-refractivity contribution < 1.29 is 9.84 Å². The predicted molar refractivity (Wildman–Crippen MR) is 70.3 cm³/mol. The zero-order valence-electron chi connectivity index (χ0n) is 9.98. The maximum Gasteiger partial charge on any atom is 0.119 e. The Morgan fingerprint density at radius 2 is 2.25 bits per heavy atom. The van der Waals surface area contributed by atoms with E-state index in [1.54, 1.807) is 7.11 Å². The van der Waals surface area contributed by atoms with Crippen molar-refractivity contribution in [2.45, 2.75) is 25.4 Å². The lowest BCUT2D eigenvalue weighted by molar-refractivity contribution is 0.164. The molecule has 3 heteroatoms. The Balaban J connectivity index is 2.39. The van der Waals surface area contributed by atoms with E-state index in [0.717, 1.165) is 29.9 Å². The third-order valence-electron chi connectivity index (χ3n) is 2.49. The number of hydrogen-bond donors (Lipinski definition) is 1. The lowest BCUT2D eigenvalue weighted by atomic mass is 10.0. The van der Waals surface area contributed by atoms with E-state index < -0.39 is 0 Å². The zero-order valence-corrected chi connectivity index (χ0v) is 10.8. The van der Waals surface area contributed by atoms with Crippen molar-refractivity contribution in [3.63, 3.8) is 0 Å². The highest BCUT2D eigenvalue weighted by molar-refractivity contribution is 7.98. The average Bonchev–Trinajstić information content (AvgIpc) is 2.29. The monoisotopic (exact) mass is 240 g/mol. The highest BCUT2D eigenvalue weighted by Gasteiger charge is 2.05. The molecule has 1 rings (SSSR count). The van der Waals surface area contributed by atoms with Crippen LogP contribution in [0.3, 0.4) is 0 Å². The molecule has 1 aromatic carbocycles. The number of thioether (sulfide) groups is 1. The standard InChI is InChI=1S/C13H20O2S/c1-15-13-7-3-5-11(10-13)9-12(14)6-4-8-16-2/h3,5,7,10,12,14H,4,6,8-9H2,1-2H3. The van der Waals surface area contributed by atoms with E-state index in [4.69, 9.17) is 4.74 Å². The van der Waals surface area contributed by atoms with Gasteiger partial charge in [-0.15, -0.1) is 0 Å². The molecular formula is C13H20O2S. The van der Waals surface area contributed by atoms with Crippen LogP contribution in [-0.4, -0.2) is 30.3 Å². The maximum atomic E-state index is 9.84. The Labute approximate surface area is 102 Å². The molecule has 0 amide bonds. The van der Waals surface area contributed by atoms with Crippen molar-refractivity contribution in [1.82, 2.24) is 0 Å². The van der Waals surface area contributed by atoms with Crippen LogP contribution in [0.15, 0.2) is 24.3 Å². The fourth-order valence-corrected chi connectivity index (χ4v) is 2.09. The van der Waals surface area contributed by atoms with Crippen LogP contribution in [0, 0.1) is 0 Å². The molecule has 0 heterocycles. The first-order chi connectivity index (χ1) is 7.76. The number of rotatable bonds is 7. The van der Waals surface area contributed by atoms with Gasteiger partial charge in [0.05, 0.1) is 13.2 Å². The zero-order chi connectivity index (χ0) is 11.8. The average molecular weight is 240 g/mol. The van der Waals surface area contributed by atoms with Crippen molar-refractivity contribution in [2.24, 2.45) is 0 Å². The van der Waals surface area contributed by atoms with Gasteiger partial charge < -0.3 is 9.84 Å². The van der Waals surface area contributed by atoms with Crippen molar-refractivity contribution in [2.75, 3.05) is 19.1 Å². The molecule has 16 heavy (non-hydrogen) atoms. The van der Waals surface area contributed by atoms with E-state index >= 15 is 0 Å². The van der Waals surface area contributed by atoms with E-state index in [9.17, 15) is 5.11 Å². The first-order valence-electron chi connectivity index (χ1n) is 5.56. The van der Waals surface area contributed by atoms with Crippen molar-refractivity contribution >= 4 is 11.8 Å². The lowest BCUT2D eigenvalue weighted by Crippen LogP contribution is -2.10. The van der Waals surface area contributed by atoms with Gasteiger partial charge in [0.1, 0.15) is 5.75 Å². The molecule has 0 radical (unpaired) electrons. The molecule has 0 saturated heterocycles. The first kappa shape index (κ1) is 13.4. The Kier molecular flexibility index (Phi) is 6.34. The second kappa shape index (κ2) is 7.58. The summed E-state index contributed by atoms with van der Waals surface area (Å²) in [7, 11) is 1.66. The van der Waals surface area contributed by atoms with Crippen molar-refractivity contribution in [3.05, 3.63) is 29.8 Å². The first-order valence-corrected chi connectivity index (χ1v) is 6.95. The number of hydrogen-bond acceptors (Lipinski definition) is 3. The molecule has 0 fully saturated rings. The van der Waals surface area contributed by atoms with Gasteiger partial charge in [-0.25, -0.2) is 0 Å². The van der Waals surface area contributed by atoms with Gasteiger partial charge in [0, 0.05) is 0 Å². The number of methoxy groups -OCH3 is 1. The molecule has 0 aliphatic heterocycles. The summed E-state index contributed by atoms with van der Waals surface area (Å²) in [4.78, 5) is 0. The Morgan fingerprint density at radius 1 is 1.44 bits per heavy atom. The van der Waals surface area contributed by atoms with Gasteiger partial charge in [0.2, 0.25) is 0 Å². The molecule has 1 unspecified atom stereocenters. The molecule has 1 aromatic rings. The Bertz CT molecular complexity index is 302. The molecule has 0 aromatic heterocycles. The summed E-state index contributed by atoms with van der Waals surface area (Å²) in [5.74, 6) is 1.98. The van der Waals surface area contributed by atoms with E-state index in [1.165, 1.54) is 0 Å². The van der Waals surface area contributed by atoms with Crippen LogP contribution in [0.2, 0.25) is 0 Å². The van der Waals surface area contributed by atoms with Crippen LogP contribution in [0.25, 0.3) is 0 Å². The molecule has 0 aliphatic carbocycles. The molecule has 1 atom stereocenters. The number of ether oxygens (including phenoxy) is 1. The summed E-state index contributed by atoms with van der Waals surface area (Å²) in [5.41, 5.74) is 1.14. The SMILES string of the molecule is COc1cccc(CC(O)CCCSC)c1. The van der Waals surface area contributed by atoms with E-state index in [-0.39, 0.29) is 6.10 Å². The number of aliphatic hydroxyl groups is 1. The summed E-state index contributed by atoms with van der Waals surface area (Å²) < 4.78 is 5.15. The van der Waals surface area contributed by atoms with Gasteiger partial charge in [-0.3, -0.25) is 0 Å². The lowest BCUT2D eigenvalue weighted by Gasteiger charge is -2.10. The van der Waals surface area contributed by atoms with Gasteiger partial charge >= 0.3 is 0 Å². The van der Waals surface area contributed by atoms with Crippen LogP contribution in [-0.2, 0) is 6.42 Å². The minimum absolute atomic E-state index is 0.237. The van der Waals surface area contributed by atoms with Gasteiger partial charge in [-0.2, -0.15) is 11.8 Å². The maximum absolute atomic E-state index is 9.84.